The van der Waals surface area contributed by atoms with Crippen LogP contribution in [0.3, 0.4) is 0 Å². The summed E-state index contributed by atoms with van der Waals surface area (Å²) in [6.45, 7) is 6.04. The van der Waals surface area contributed by atoms with Crippen molar-refractivity contribution in [2.75, 3.05) is 13.7 Å². The average molecular weight is 464 g/mol. The molecule has 5 nitrogen and oxygen atoms in total. The van der Waals surface area contributed by atoms with Crippen LogP contribution in [0.5, 0.6) is 5.75 Å². The first-order chi connectivity index (χ1) is 16.3. The van der Waals surface area contributed by atoms with E-state index in [0.717, 1.165) is 17.0 Å². The van der Waals surface area contributed by atoms with Gasteiger partial charge in [-0.05, 0) is 48.2 Å². The number of carbonyl (C=O) groups is 2. The molecule has 34 heavy (non-hydrogen) atoms. The number of methoxy groups -OCH3 is 1. The highest BCUT2D eigenvalue weighted by molar-refractivity contribution is 5.96. The average Bonchev–Trinajstić information content (AvgIpc) is 2.82. The largest absolute Gasteiger partial charge is 0.497 e. The third kappa shape index (κ3) is 4.76. The van der Waals surface area contributed by atoms with Crippen molar-refractivity contribution in [3.8, 4) is 5.75 Å². The third-order valence-electron chi connectivity index (χ3n) is 6.40. The van der Waals surface area contributed by atoms with Crippen molar-refractivity contribution in [3.05, 3.63) is 88.5 Å². The zero-order valence-electron chi connectivity index (χ0n) is 19.9. The second-order valence-electron chi connectivity index (χ2n) is 9.33. The van der Waals surface area contributed by atoms with E-state index in [0.29, 0.717) is 23.3 Å². The zero-order chi connectivity index (χ0) is 24.4. The molecule has 2 aliphatic rings. The Bertz CT molecular complexity index is 1130. The standard InChI is InChI=1S/C28H30FNO4/c1-16(2)15-34-28(32)25-17(3)30-23-13-20(18-7-11-22(33-4)12-8-18)14-24(31)27(23)26(25)19-5-9-21(29)10-6-19/h5-13,16,20,26-27,30H,14-15H2,1-4H3. The second kappa shape index (κ2) is 9.84. The van der Waals surface area contributed by atoms with Crippen LogP contribution >= 0.6 is 0 Å². The molecule has 1 aliphatic carbocycles. The van der Waals surface area contributed by atoms with Gasteiger partial charge in [0.2, 0.25) is 0 Å². The molecule has 0 spiro atoms. The number of hydrogen-bond acceptors (Lipinski definition) is 5. The van der Waals surface area contributed by atoms with Gasteiger partial charge in [0.15, 0.2) is 0 Å². The van der Waals surface area contributed by atoms with Crippen molar-refractivity contribution in [1.29, 1.82) is 0 Å². The molecule has 4 rings (SSSR count). The van der Waals surface area contributed by atoms with Gasteiger partial charge in [-0.15, -0.1) is 0 Å². The van der Waals surface area contributed by atoms with Gasteiger partial charge in [-0.25, -0.2) is 9.18 Å². The van der Waals surface area contributed by atoms with Crippen LogP contribution in [-0.4, -0.2) is 25.5 Å². The summed E-state index contributed by atoms with van der Waals surface area (Å²) in [5.74, 6) is -1.04. The number of carbonyl (C=O) groups excluding carboxylic acids is 2. The molecule has 1 aliphatic heterocycles. The lowest BCUT2D eigenvalue weighted by molar-refractivity contribution is -0.140. The number of hydrogen-bond donors (Lipinski definition) is 1. The van der Waals surface area contributed by atoms with E-state index in [1.807, 2.05) is 45.0 Å². The number of rotatable bonds is 6. The molecule has 0 fully saturated rings. The molecule has 0 bridgehead atoms. The maximum absolute atomic E-state index is 13.7. The first kappa shape index (κ1) is 23.7. The van der Waals surface area contributed by atoms with Crippen molar-refractivity contribution in [1.82, 2.24) is 5.32 Å². The fourth-order valence-corrected chi connectivity index (χ4v) is 4.76. The lowest BCUT2D eigenvalue weighted by Gasteiger charge is -2.39. The summed E-state index contributed by atoms with van der Waals surface area (Å²) in [6.07, 6.45) is 2.39. The summed E-state index contributed by atoms with van der Waals surface area (Å²) in [6, 6.07) is 13.7. The molecule has 2 aromatic rings. The third-order valence-corrected chi connectivity index (χ3v) is 6.40. The molecule has 1 N–H and O–H groups in total. The van der Waals surface area contributed by atoms with Gasteiger partial charge in [0.1, 0.15) is 17.3 Å². The Labute approximate surface area is 199 Å². The van der Waals surface area contributed by atoms with Gasteiger partial charge in [0, 0.05) is 29.7 Å². The van der Waals surface area contributed by atoms with Crippen LogP contribution in [0.15, 0.2) is 71.6 Å². The summed E-state index contributed by atoms with van der Waals surface area (Å²) >= 11 is 0. The highest BCUT2D eigenvalue weighted by Crippen LogP contribution is 2.46. The minimum Gasteiger partial charge on any atom is -0.497 e. The summed E-state index contributed by atoms with van der Waals surface area (Å²) in [4.78, 5) is 26.7. The number of halogens is 1. The number of esters is 1. The van der Waals surface area contributed by atoms with Gasteiger partial charge in [-0.2, -0.15) is 0 Å². The van der Waals surface area contributed by atoms with Crippen LogP contribution in [0.4, 0.5) is 4.39 Å². The smallest absolute Gasteiger partial charge is 0.336 e. The molecule has 0 saturated carbocycles. The van der Waals surface area contributed by atoms with Crippen LogP contribution in [0.1, 0.15) is 50.2 Å². The zero-order valence-corrected chi connectivity index (χ0v) is 19.9. The normalized spacial score (nSPS) is 22.1. The summed E-state index contributed by atoms with van der Waals surface area (Å²) in [5.41, 5.74) is 3.57. The Kier molecular flexibility index (Phi) is 6.87. The number of benzene rings is 2. The van der Waals surface area contributed by atoms with Gasteiger partial charge >= 0.3 is 5.97 Å². The van der Waals surface area contributed by atoms with Crippen LogP contribution in [0.2, 0.25) is 0 Å². The van der Waals surface area contributed by atoms with E-state index in [9.17, 15) is 14.0 Å². The fraction of sp³-hybridized carbons (Fsp3) is 0.357. The Hall–Kier alpha value is -3.41. The molecule has 2 aromatic carbocycles. The van der Waals surface area contributed by atoms with Gasteiger partial charge < -0.3 is 14.8 Å². The number of fused-ring (bicyclic) bond motifs is 1. The Balaban J connectivity index is 1.76. The maximum Gasteiger partial charge on any atom is 0.336 e. The highest BCUT2D eigenvalue weighted by atomic mass is 19.1. The van der Waals surface area contributed by atoms with Crippen molar-refractivity contribution < 1.29 is 23.5 Å². The number of ether oxygens (including phenoxy) is 2. The lowest BCUT2D eigenvalue weighted by Crippen LogP contribution is -2.42. The van der Waals surface area contributed by atoms with Gasteiger partial charge in [0.25, 0.3) is 0 Å². The predicted octanol–water partition coefficient (Wildman–Crippen LogP) is 5.25. The number of ketones is 1. The molecule has 0 aromatic heterocycles. The minimum atomic E-state index is -0.565. The second-order valence-corrected chi connectivity index (χ2v) is 9.33. The van der Waals surface area contributed by atoms with Crippen LogP contribution < -0.4 is 10.1 Å². The maximum atomic E-state index is 13.7. The molecular weight excluding hydrogens is 433 g/mol. The minimum absolute atomic E-state index is 0.0294. The molecule has 1 heterocycles. The van der Waals surface area contributed by atoms with E-state index in [4.69, 9.17) is 9.47 Å². The Morgan fingerprint density at radius 1 is 1.06 bits per heavy atom. The van der Waals surface area contributed by atoms with Crippen molar-refractivity contribution >= 4 is 11.8 Å². The van der Waals surface area contributed by atoms with E-state index in [2.05, 4.69) is 11.4 Å². The molecular formula is C28H30FNO4. The van der Waals surface area contributed by atoms with Crippen LogP contribution in [0, 0.1) is 17.7 Å². The quantitative estimate of drug-likeness (QED) is 0.593. The van der Waals surface area contributed by atoms with E-state index in [1.54, 1.807) is 19.2 Å². The predicted molar refractivity (Wildman–Crippen MR) is 128 cm³/mol. The first-order valence-electron chi connectivity index (χ1n) is 11.6. The highest BCUT2D eigenvalue weighted by Gasteiger charge is 2.45. The van der Waals surface area contributed by atoms with Crippen molar-refractivity contribution in [2.45, 2.75) is 39.0 Å². The van der Waals surface area contributed by atoms with Gasteiger partial charge in [-0.1, -0.05) is 44.2 Å². The number of allylic oxidation sites excluding steroid dienone is 3. The monoisotopic (exact) mass is 463 g/mol. The Morgan fingerprint density at radius 2 is 1.71 bits per heavy atom. The van der Waals surface area contributed by atoms with Crippen molar-refractivity contribution in [3.63, 3.8) is 0 Å². The van der Waals surface area contributed by atoms with Crippen LogP contribution in [0.25, 0.3) is 0 Å². The summed E-state index contributed by atoms with van der Waals surface area (Å²) in [5, 5.41) is 3.32. The summed E-state index contributed by atoms with van der Waals surface area (Å²) < 4.78 is 24.5. The van der Waals surface area contributed by atoms with Crippen LogP contribution in [-0.2, 0) is 14.3 Å². The molecule has 6 heteroatoms. The first-order valence-corrected chi connectivity index (χ1v) is 11.6. The van der Waals surface area contributed by atoms with E-state index in [1.165, 1.54) is 12.1 Å². The SMILES string of the molecule is COc1ccc(C2C=C3NC(C)=C(C(=O)OCC(C)C)C(c4ccc(F)cc4)C3C(=O)C2)cc1. The molecule has 3 unspecified atom stereocenters. The number of Topliss-reactive ketones (excluding diaryl/α,β-unsaturated/α-hetero) is 1. The molecule has 0 saturated heterocycles. The molecule has 0 radical (unpaired) electrons. The topological polar surface area (TPSA) is 64.6 Å². The molecule has 3 atom stereocenters. The van der Waals surface area contributed by atoms with E-state index in [-0.39, 0.29) is 30.0 Å². The van der Waals surface area contributed by atoms with Gasteiger partial charge in [-0.3, -0.25) is 4.79 Å². The summed E-state index contributed by atoms with van der Waals surface area (Å²) in [7, 11) is 1.62. The lowest BCUT2D eigenvalue weighted by atomic mass is 9.68. The molecule has 178 valence electrons. The number of nitrogens with one attached hydrogen (secondary N) is 1. The Morgan fingerprint density at radius 3 is 2.32 bits per heavy atom. The van der Waals surface area contributed by atoms with Gasteiger partial charge in [0.05, 0.1) is 25.2 Å². The molecule has 0 amide bonds. The van der Waals surface area contributed by atoms with E-state index >= 15 is 0 Å². The fourth-order valence-electron chi connectivity index (χ4n) is 4.76. The van der Waals surface area contributed by atoms with E-state index < -0.39 is 17.8 Å². The van der Waals surface area contributed by atoms with Crippen molar-refractivity contribution in [2.24, 2.45) is 11.8 Å².